The van der Waals surface area contributed by atoms with Gasteiger partial charge in [0.15, 0.2) is 6.79 Å². The minimum absolute atomic E-state index is 0.0769. The van der Waals surface area contributed by atoms with E-state index >= 15 is 0 Å². The van der Waals surface area contributed by atoms with E-state index in [4.69, 9.17) is 0 Å². The molecule has 0 aromatic heterocycles. The van der Waals surface area contributed by atoms with E-state index in [0.717, 1.165) is 17.8 Å². The van der Waals surface area contributed by atoms with Crippen molar-refractivity contribution in [1.29, 1.82) is 0 Å². The summed E-state index contributed by atoms with van der Waals surface area (Å²) >= 11 is 0.935. The Bertz CT molecular complexity index is 603. The number of hydrogen-bond donors (Lipinski definition) is 0. The molecule has 0 saturated carbocycles. The summed E-state index contributed by atoms with van der Waals surface area (Å²) in [5, 5.41) is 0. The molecule has 0 atom stereocenters. The molecule has 0 bridgehead atoms. The molecule has 0 saturated heterocycles. The van der Waals surface area contributed by atoms with Crippen molar-refractivity contribution in [3.8, 4) is 0 Å². The second kappa shape index (κ2) is 7.55. The minimum atomic E-state index is -4.85. The van der Waals surface area contributed by atoms with Crippen LogP contribution in [0.1, 0.15) is 12.5 Å². The van der Waals surface area contributed by atoms with Crippen LogP contribution in [0.4, 0.5) is 13.2 Å². The highest BCUT2D eigenvalue weighted by molar-refractivity contribution is 8.00. The van der Waals surface area contributed by atoms with E-state index in [9.17, 15) is 26.2 Å². The predicted octanol–water partition coefficient (Wildman–Crippen LogP) is 3.70. The first-order chi connectivity index (χ1) is 9.74. The topological polar surface area (TPSA) is 69.7 Å². The van der Waals surface area contributed by atoms with Crippen LogP contribution in [-0.4, -0.2) is 21.0 Å². The van der Waals surface area contributed by atoms with E-state index in [1.54, 1.807) is 6.92 Å². The fourth-order valence-electron chi connectivity index (χ4n) is 1.43. The maximum absolute atomic E-state index is 13.0. The molecule has 0 fully saturated rings. The average Bonchev–Trinajstić information content (AvgIpc) is 2.38. The zero-order valence-corrected chi connectivity index (χ0v) is 13.1. The fraction of sp³-hybridized carbons (Fsp3) is 0.400. The molecule has 0 unspecified atom stereocenters. The number of halogens is 3. The molecule has 1 aromatic carbocycles. The molecule has 1 aromatic rings. The Labute approximate surface area is 125 Å². The van der Waals surface area contributed by atoms with Crippen molar-refractivity contribution in [2.75, 3.05) is 12.5 Å². The summed E-state index contributed by atoms with van der Waals surface area (Å²) in [5.74, 6) is 0.375. The van der Waals surface area contributed by atoms with Crippen LogP contribution in [-0.2, 0) is 29.6 Å². The lowest BCUT2D eigenvalue weighted by atomic mass is 10.2. The first-order valence-corrected chi connectivity index (χ1v) is 8.53. The van der Waals surface area contributed by atoms with E-state index in [2.05, 4.69) is 8.71 Å². The van der Waals surface area contributed by atoms with Gasteiger partial charge in [0.25, 0.3) is 0 Å². The van der Waals surface area contributed by atoms with Gasteiger partial charge in [0, 0.05) is 4.90 Å². The Morgan fingerprint density at radius 1 is 1.33 bits per heavy atom. The van der Waals surface area contributed by atoms with Crippen molar-refractivity contribution in [2.24, 2.45) is 0 Å². The maximum atomic E-state index is 13.0. The van der Waals surface area contributed by atoms with Gasteiger partial charge in [-0.2, -0.15) is 21.6 Å². The highest BCUT2D eigenvalue weighted by Crippen LogP contribution is 2.39. The lowest BCUT2D eigenvalue weighted by Gasteiger charge is -2.16. The molecule has 0 amide bonds. The van der Waals surface area contributed by atoms with Crippen molar-refractivity contribution in [2.45, 2.75) is 22.9 Å². The molecule has 0 aliphatic heterocycles. The van der Waals surface area contributed by atoms with E-state index < -0.39 is 42.2 Å². The average molecular weight is 362 g/mol. The number of benzene rings is 1. The van der Waals surface area contributed by atoms with Crippen LogP contribution in [0.5, 0.6) is 0 Å². The summed E-state index contributed by atoms with van der Waals surface area (Å²) in [6.07, 6.45) is -4.85. The Balaban J connectivity index is 3.38. The van der Waals surface area contributed by atoms with Gasteiger partial charge in [0.1, 0.15) is 4.90 Å². The summed E-state index contributed by atoms with van der Waals surface area (Å²) < 4.78 is 81.3. The van der Waals surface area contributed by atoms with Gasteiger partial charge in [-0.05, 0) is 17.9 Å². The number of thioether (sulfide) groups is 1. The van der Waals surface area contributed by atoms with E-state index in [1.807, 2.05) is 0 Å². The monoisotopic (exact) mass is 362 g/mol. The summed E-state index contributed by atoms with van der Waals surface area (Å²) in [6.45, 7) is 0.720. The molecule has 0 N–H and O–H groups in total. The predicted molar refractivity (Wildman–Crippen MR) is 69.7 cm³/mol. The quantitative estimate of drug-likeness (QED) is 0.242. The Morgan fingerprint density at radius 3 is 2.52 bits per heavy atom. The minimum Gasteiger partial charge on any atom is -0.265 e. The number of rotatable bonds is 7. The third kappa shape index (κ3) is 4.93. The summed E-state index contributed by atoms with van der Waals surface area (Å²) in [7, 11) is -5.55. The third-order valence-corrected chi connectivity index (χ3v) is 4.77. The van der Waals surface area contributed by atoms with Crippen molar-refractivity contribution in [3.05, 3.63) is 23.8 Å². The Kier molecular flexibility index (Phi) is 6.61. The summed E-state index contributed by atoms with van der Waals surface area (Å²) in [6, 6.07) is 3.03. The van der Waals surface area contributed by atoms with Crippen molar-refractivity contribution in [3.63, 3.8) is 0 Å². The highest BCUT2D eigenvalue weighted by Gasteiger charge is 2.39. The van der Waals surface area contributed by atoms with Crippen LogP contribution in [0.2, 0.25) is 0 Å². The molecule has 0 aliphatic carbocycles. The molecule has 118 valence electrons. The smallest absolute Gasteiger partial charge is 0.265 e. The van der Waals surface area contributed by atoms with E-state index in [1.165, 1.54) is 6.07 Å². The van der Waals surface area contributed by atoms with Gasteiger partial charge in [-0.1, -0.05) is 13.0 Å². The maximum Gasteiger partial charge on any atom is 0.417 e. The van der Waals surface area contributed by atoms with E-state index in [0.29, 0.717) is 11.8 Å². The first-order valence-electron chi connectivity index (χ1n) is 5.41. The van der Waals surface area contributed by atoms with Crippen molar-refractivity contribution < 1.29 is 34.9 Å². The number of alkyl halides is 3. The first kappa shape index (κ1) is 18.4. The molecule has 0 heterocycles. The molecule has 0 aliphatic rings. The molecular weight excluding hydrogens is 352 g/mol. The standard InChI is InChI=1S/C10H10F3O5PS2/c1-2-20-8-5-3-4-7(10(11,12)13)9(8)21(15,16)18-6-17-19-14/h3-5H,2,6H2,1H3. The van der Waals surface area contributed by atoms with Gasteiger partial charge < -0.3 is 0 Å². The molecule has 0 radical (unpaired) electrons. The highest BCUT2D eigenvalue weighted by atomic mass is 32.2. The molecule has 0 spiro atoms. The van der Waals surface area contributed by atoms with Gasteiger partial charge in [-0.3, -0.25) is 4.52 Å². The third-order valence-electron chi connectivity index (χ3n) is 2.14. The van der Waals surface area contributed by atoms with Gasteiger partial charge in [0.05, 0.1) is 5.56 Å². The fourth-order valence-corrected chi connectivity index (χ4v) is 3.87. The van der Waals surface area contributed by atoms with Crippen molar-refractivity contribution >= 4 is 30.6 Å². The largest absolute Gasteiger partial charge is 0.417 e. The summed E-state index contributed by atoms with van der Waals surface area (Å²) in [4.78, 5) is -1.04. The molecule has 21 heavy (non-hydrogen) atoms. The molecule has 11 heteroatoms. The Morgan fingerprint density at radius 2 is 2.00 bits per heavy atom. The summed E-state index contributed by atoms with van der Waals surface area (Å²) in [5.41, 5.74) is -1.32. The van der Waals surface area contributed by atoms with Gasteiger partial charge in [-0.15, -0.1) is 11.8 Å². The molecule has 5 nitrogen and oxygen atoms in total. The van der Waals surface area contributed by atoms with Gasteiger partial charge in [-0.25, -0.2) is 8.75 Å². The molecule has 1 rings (SSSR count). The SMILES string of the molecule is CCSc1cccc(C(F)(F)F)c1S(=O)(=O)OCOP=O. The number of hydrogen-bond acceptors (Lipinski definition) is 6. The normalized spacial score (nSPS) is 12.8. The van der Waals surface area contributed by atoms with Crippen LogP contribution in [0, 0.1) is 0 Å². The zero-order valence-electron chi connectivity index (χ0n) is 10.6. The van der Waals surface area contributed by atoms with Crippen LogP contribution < -0.4 is 0 Å². The molecular formula is C10H10F3O5PS2. The van der Waals surface area contributed by atoms with Gasteiger partial charge >= 0.3 is 25.0 Å². The van der Waals surface area contributed by atoms with Crippen LogP contribution in [0.15, 0.2) is 28.0 Å². The lowest BCUT2D eigenvalue weighted by Crippen LogP contribution is -2.17. The second-order valence-electron chi connectivity index (χ2n) is 3.46. The Hall–Kier alpha value is -0.670. The lowest BCUT2D eigenvalue weighted by molar-refractivity contribution is -0.140. The van der Waals surface area contributed by atoms with E-state index in [-0.39, 0.29) is 4.90 Å². The van der Waals surface area contributed by atoms with Crippen LogP contribution in [0.25, 0.3) is 0 Å². The van der Waals surface area contributed by atoms with Crippen LogP contribution in [0.3, 0.4) is 0 Å². The second-order valence-corrected chi connectivity index (χ2v) is 6.72. The zero-order chi connectivity index (χ0) is 16.1. The van der Waals surface area contributed by atoms with Gasteiger partial charge in [0.2, 0.25) is 0 Å². The van der Waals surface area contributed by atoms with Crippen molar-refractivity contribution in [1.82, 2.24) is 0 Å². The van der Waals surface area contributed by atoms with Crippen LogP contribution >= 0.6 is 20.4 Å².